The SMILES string of the molecule is CC(NC(=O)c1cc(F)cc(S(N)(=O)=O)c1Br)C(C)(C)C. The molecule has 1 aromatic rings. The third-order valence-electron chi connectivity index (χ3n) is 3.20. The molecule has 0 aliphatic rings. The van der Waals surface area contributed by atoms with E-state index < -0.39 is 26.6 Å². The van der Waals surface area contributed by atoms with Gasteiger partial charge in [-0.2, -0.15) is 0 Å². The summed E-state index contributed by atoms with van der Waals surface area (Å²) in [7, 11) is -4.14. The third kappa shape index (κ3) is 4.49. The first kappa shape index (κ1) is 18.1. The quantitative estimate of drug-likeness (QED) is 0.843. The van der Waals surface area contributed by atoms with Crippen molar-refractivity contribution in [3.8, 4) is 0 Å². The first-order chi connectivity index (χ1) is 9.34. The highest BCUT2D eigenvalue weighted by molar-refractivity contribution is 9.10. The van der Waals surface area contributed by atoms with Gasteiger partial charge in [-0.05, 0) is 40.4 Å². The molecule has 0 saturated heterocycles. The molecule has 118 valence electrons. The van der Waals surface area contributed by atoms with E-state index in [4.69, 9.17) is 5.14 Å². The van der Waals surface area contributed by atoms with E-state index in [-0.39, 0.29) is 21.5 Å². The zero-order valence-electron chi connectivity index (χ0n) is 12.2. The Hall–Kier alpha value is -0.990. The van der Waals surface area contributed by atoms with Gasteiger partial charge in [-0.25, -0.2) is 17.9 Å². The third-order valence-corrected chi connectivity index (χ3v) is 5.25. The molecule has 21 heavy (non-hydrogen) atoms. The van der Waals surface area contributed by atoms with Crippen LogP contribution < -0.4 is 10.5 Å². The van der Waals surface area contributed by atoms with Crippen LogP contribution in [-0.2, 0) is 10.0 Å². The van der Waals surface area contributed by atoms with Crippen molar-refractivity contribution in [2.24, 2.45) is 10.6 Å². The first-order valence-electron chi connectivity index (χ1n) is 6.16. The number of halogens is 2. The number of primary sulfonamides is 1. The molecule has 0 fully saturated rings. The maximum Gasteiger partial charge on any atom is 0.252 e. The fourth-order valence-corrected chi connectivity index (χ4v) is 3.15. The Morgan fingerprint density at radius 2 is 1.90 bits per heavy atom. The Balaban J connectivity index is 3.26. The lowest BCUT2D eigenvalue weighted by molar-refractivity contribution is 0.0908. The average Bonchev–Trinajstić information content (AvgIpc) is 2.28. The van der Waals surface area contributed by atoms with Crippen molar-refractivity contribution in [2.75, 3.05) is 0 Å². The molecule has 8 heteroatoms. The van der Waals surface area contributed by atoms with Crippen LogP contribution in [0.15, 0.2) is 21.5 Å². The van der Waals surface area contributed by atoms with Crippen molar-refractivity contribution in [1.29, 1.82) is 0 Å². The van der Waals surface area contributed by atoms with Crippen molar-refractivity contribution >= 4 is 31.9 Å². The maximum absolute atomic E-state index is 13.5. The van der Waals surface area contributed by atoms with Crippen LogP contribution >= 0.6 is 15.9 Å². The topological polar surface area (TPSA) is 89.3 Å². The molecule has 5 nitrogen and oxygen atoms in total. The summed E-state index contributed by atoms with van der Waals surface area (Å²) in [5.74, 6) is -1.43. The Morgan fingerprint density at radius 1 is 1.38 bits per heavy atom. The van der Waals surface area contributed by atoms with Crippen LogP contribution in [-0.4, -0.2) is 20.4 Å². The standard InChI is InChI=1S/C13H18BrFN2O3S/c1-7(13(2,3)4)17-12(18)9-5-8(15)6-10(11(9)14)21(16,19)20/h5-7H,1-4H3,(H,17,18)(H2,16,19,20). The molecule has 1 unspecified atom stereocenters. The van der Waals surface area contributed by atoms with Gasteiger partial charge in [-0.3, -0.25) is 4.79 Å². The molecule has 0 aromatic heterocycles. The minimum atomic E-state index is -4.14. The summed E-state index contributed by atoms with van der Waals surface area (Å²) in [6.07, 6.45) is 0. The van der Waals surface area contributed by atoms with Crippen LogP contribution in [0.1, 0.15) is 38.1 Å². The van der Waals surface area contributed by atoms with Crippen LogP contribution in [0.4, 0.5) is 4.39 Å². The average molecular weight is 381 g/mol. The molecule has 1 amide bonds. The number of benzene rings is 1. The number of hydrogen-bond acceptors (Lipinski definition) is 3. The Morgan fingerprint density at radius 3 is 2.33 bits per heavy atom. The zero-order chi connectivity index (χ0) is 16.6. The van der Waals surface area contributed by atoms with Gasteiger partial charge < -0.3 is 5.32 Å². The second kappa shape index (κ2) is 6.02. The van der Waals surface area contributed by atoms with Gasteiger partial charge in [0.25, 0.3) is 5.91 Å². The van der Waals surface area contributed by atoms with Gasteiger partial charge in [0.1, 0.15) is 5.82 Å². The molecule has 1 aromatic carbocycles. The van der Waals surface area contributed by atoms with Crippen LogP contribution in [0.3, 0.4) is 0 Å². The number of rotatable bonds is 3. The van der Waals surface area contributed by atoms with Crippen molar-refractivity contribution in [1.82, 2.24) is 5.32 Å². The number of carbonyl (C=O) groups is 1. The van der Waals surface area contributed by atoms with E-state index in [1.165, 1.54) is 0 Å². The predicted molar refractivity (Wildman–Crippen MR) is 81.9 cm³/mol. The van der Waals surface area contributed by atoms with E-state index in [1.807, 2.05) is 27.7 Å². The van der Waals surface area contributed by atoms with Gasteiger partial charge in [0, 0.05) is 6.04 Å². The highest BCUT2D eigenvalue weighted by Crippen LogP contribution is 2.27. The lowest BCUT2D eigenvalue weighted by Crippen LogP contribution is -2.41. The van der Waals surface area contributed by atoms with Crippen molar-refractivity contribution in [3.63, 3.8) is 0 Å². The summed E-state index contributed by atoms with van der Waals surface area (Å²) < 4.78 is 36.3. The highest BCUT2D eigenvalue weighted by atomic mass is 79.9. The molecular weight excluding hydrogens is 363 g/mol. The van der Waals surface area contributed by atoms with Gasteiger partial charge in [0.05, 0.1) is 14.9 Å². The van der Waals surface area contributed by atoms with Gasteiger partial charge in [0.2, 0.25) is 10.0 Å². The minimum Gasteiger partial charge on any atom is -0.349 e. The molecule has 1 rings (SSSR count). The van der Waals surface area contributed by atoms with Crippen molar-refractivity contribution in [3.05, 3.63) is 28.0 Å². The fraction of sp³-hybridized carbons (Fsp3) is 0.462. The summed E-state index contributed by atoms with van der Waals surface area (Å²) in [5, 5.41) is 7.72. The fourth-order valence-electron chi connectivity index (χ4n) is 1.43. The smallest absolute Gasteiger partial charge is 0.252 e. The normalized spacial score (nSPS) is 13.9. The molecule has 0 spiro atoms. The number of sulfonamides is 1. The van der Waals surface area contributed by atoms with Crippen molar-refractivity contribution < 1.29 is 17.6 Å². The molecule has 0 heterocycles. The monoisotopic (exact) mass is 380 g/mol. The van der Waals surface area contributed by atoms with Gasteiger partial charge in [0.15, 0.2) is 0 Å². The predicted octanol–water partition coefficient (Wildman–Crippen LogP) is 2.40. The van der Waals surface area contributed by atoms with Gasteiger partial charge >= 0.3 is 0 Å². The summed E-state index contributed by atoms with van der Waals surface area (Å²) in [6, 6.07) is 1.53. The second-order valence-corrected chi connectivity index (χ2v) is 8.19. The summed E-state index contributed by atoms with van der Waals surface area (Å²) >= 11 is 3.01. The first-order valence-corrected chi connectivity index (χ1v) is 8.50. The summed E-state index contributed by atoms with van der Waals surface area (Å²) in [6.45, 7) is 7.63. The Bertz CT molecular complexity index is 669. The lowest BCUT2D eigenvalue weighted by Gasteiger charge is -2.28. The highest BCUT2D eigenvalue weighted by Gasteiger charge is 2.25. The molecule has 0 aliphatic carbocycles. The van der Waals surface area contributed by atoms with Gasteiger partial charge in [-0.1, -0.05) is 20.8 Å². The molecule has 0 saturated carbocycles. The van der Waals surface area contributed by atoms with Crippen molar-refractivity contribution in [2.45, 2.75) is 38.6 Å². The van der Waals surface area contributed by atoms with E-state index >= 15 is 0 Å². The molecule has 0 aliphatic heterocycles. The molecule has 3 N–H and O–H groups in total. The number of nitrogens with two attached hydrogens (primary N) is 1. The van der Waals surface area contributed by atoms with E-state index in [2.05, 4.69) is 21.2 Å². The van der Waals surface area contributed by atoms with Crippen LogP contribution in [0.2, 0.25) is 0 Å². The Kier molecular flexibility index (Phi) is 5.18. The molecule has 1 atom stereocenters. The molecule has 0 radical (unpaired) electrons. The van der Waals surface area contributed by atoms with Gasteiger partial charge in [-0.15, -0.1) is 0 Å². The van der Waals surface area contributed by atoms with Crippen LogP contribution in [0.5, 0.6) is 0 Å². The molecular formula is C13H18BrFN2O3S. The zero-order valence-corrected chi connectivity index (χ0v) is 14.6. The maximum atomic E-state index is 13.5. The largest absolute Gasteiger partial charge is 0.349 e. The minimum absolute atomic E-state index is 0.0509. The lowest BCUT2D eigenvalue weighted by atomic mass is 9.88. The van der Waals surface area contributed by atoms with Crippen LogP contribution in [0.25, 0.3) is 0 Å². The molecule has 0 bridgehead atoms. The van der Waals surface area contributed by atoms with Crippen LogP contribution in [0, 0.1) is 11.2 Å². The second-order valence-electron chi connectivity index (χ2n) is 5.87. The van der Waals surface area contributed by atoms with E-state index in [0.717, 1.165) is 12.1 Å². The number of amides is 1. The summed E-state index contributed by atoms with van der Waals surface area (Å²) in [4.78, 5) is 11.7. The number of hydrogen-bond donors (Lipinski definition) is 2. The Labute approximate surface area is 132 Å². The van der Waals surface area contributed by atoms with E-state index in [0.29, 0.717) is 0 Å². The summed E-state index contributed by atoms with van der Waals surface area (Å²) in [5.41, 5.74) is -0.312. The van der Waals surface area contributed by atoms with E-state index in [9.17, 15) is 17.6 Å². The number of carbonyl (C=O) groups excluding carboxylic acids is 1. The number of nitrogens with one attached hydrogen (secondary N) is 1. The van der Waals surface area contributed by atoms with E-state index in [1.54, 1.807) is 0 Å².